The summed E-state index contributed by atoms with van der Waals surface area (Å²) >= 11 is 7.23. The number of hydrogen-bond donors (Lipinski definition) is 2. The van der Waals surface area contributed by atoms with Gasteiger partial charge in [0.05, 0.1) is 16.2 Å². The molecule has 2 amide bonds. The maximum atomic E-state index is 12.3. The van der Waals surface area contributed by atoms with Crippen molar-refractivity contribution in [3.05, 3.63) is 71.2 Å². The van der Waals surface area contributed by atoms with Crippen molar-refractivity contribution in [3.63, 3.8) is 0 Å². The molecule has 1 heterocycles. The lowest BCUT2D eigenvalue weighted by atomic mass is 10.1. The molecule has 0 bridgehead atoms. The summed E-state index contributed by atoms with van der Waals surface area (Å²) < 4.78 is 25.8. The molecule has 34 heavy (non-hydrogen) atoms. The van der Waals surface area contributed by atoms with Crippen LogP contribution in [0.2, 0.25) is 5.02 Å². The lowest BCUT2D eigenvalue weighted by Gasteiger charge is -2.09. The highest BCUT2D eigenvalue weighted by Gasteiger charge is 2.15. The molecule has 0 unspecified atom stereocenters. The van der Waals surface area contributed by atoms with Crippen LogP contribution < -0.4 is 10.0 Å². The number of hydrogen-bond acceptors (Lipinski definition) is 7. The Kier molecular flexibility index (Phi) is 8.28. The topological polar surface area (TPSA) is 129 Å². The van der Waals surface area contributed by atoms with Crippen LogP contribution in [0.15, 0.2) is 70.6 Å². The molecule has 11 heteroatoms. The first-order chi connectivity index (χ1) is 16.2. The van der Waals surface area contributed by atoms with Crippen LogP contribution in [0.5, 0.6) is 0 Å². The summed E-state index contributed by atoms with van der Waals surface area (Å²) in [5.41, 5.74) is 2.38. The summed E-state index contributed by atoms with van der Waals surface area (Å²) in [5.74, 6) is -0.591. The van der Waals surface area contributed by atoms with Crippen LogP contribution in [0.1, 0.15) is 18.9 Å². The Morgan fingerprint density at radius 2 is 1.74 bits per heavy atom. The van der Waals surface area contributed by atoms with E-state index in [0.717, 1.165) is 12.5 Å². The maximum Gasteiger partial charge on any atom is 0.264 e. The van der Waals surface area contributed by atoms with Gasteiger partial charge in [-0.15, -0.1) is 11.8 Å². The zero-order valence-electron chi connectivity index (χ0n) is 17.9. The van der Waals surface area contributed by atoms with E-state index in [0.29, 0.717) is 32.7 Å². The Balaban J connectivity index is 1.59. The van der Waals surface area contributed by atoms with Crippen molar-refractivity contribution in [2.75, 3.05) is 11.1 Å². The number of carbonyl (C=O) groups is 2. The van der Waals surface area contributed by atoms with Gasteiger partial charge in [-0.2, -0.15) is 5.26 Å². The van der Waals surface area contributed by atoms with Crippen molar-refractivity contribution in [1.82, 2.24) is 9.71 Å². The Hall–Kier alpha value is -3.39. The molecule has 0 spiro atoms. The largest absolute Gasteiger partial charge is 0.326 e. The number of nitriles is 1. The van der Waals surface area contributed by atoms with Gasteiger partial charge in [0.1, 0.15) is 11.1 Å². The summed E-state index contributed by atoms with van der Waals surface area (Å²) in [4.78, 5) is 27.8. The molecule has 0 atom stereocenters. The van der Waals surface area contributed by atoms with Crippen molar-refractivity contribution in [2.45, 2.75) is 23.3 Å². The first kappa shape index (κ1) is 25.2. The average Bonchev–Trinajstić information content (AvgIpc) is 2.79. The first-order valence-corrected chi connectivity index (χ1v) is 12.8. The minimum Gasteiger partial charge on any atom is -0.326 e. The average molecular weight is 515 g/mol. The third kappa shape index (κ3) is 6.81. The van der Waals surface area contributed by atoms with Crippen molar-refractivity contribution < 1.29 is 18.0 Å². The minimum absolute atomic E-state index is 0.0908. The van der Waals surface area contributed by atoms with Gasteiger partial charge in [0.25, 0.3) is 10.0 Å². The van der Waals surface area contributed by atoms with Crippen molar-refractivity contribution in [2.24, 2.45) is 0 Å². The molecule has 174 valence electrons. The van der Waals surface area contributed by atoms with E-state index in [2.05, 4.69) is 16.4 Å². The smallest absolute Gasteiger partial charge is 0.264 e. The van der Waals surface area contributed by atoms with E-state index in [-0.39, 0.29) is 17.2 Å². The van der Waals surface area contributed by atoms with E-state index < -0.39 is 15.9 Å². The van der Waals surface area contributed by atoms with E-state index in [9.17, 15) is 23.3 Å². The van der Waals surface area contributed by atoms with E-state index in [1.807, 2.05) is 16.9 Å². The predicted molar refractivity (Wildman–Crippen MR) is 131 cm³/mol. The van der Waals surface area contributed by atoms with E-state index in [4.69, 9.17) is 11.6 Å². The van der Waals surface area contributed by atoms with Crippen LogP contribution >= 0.6 is 23.4 Å². The molecule has 2 N–H and O–H groups in total. The van der Waals surface area contributed by atoms with E-state index in [1.54, 1.807) is 24.3 Å². The molecule has 0 saturated heterocycles. The van der Waals surface area contributed by atoms with Gasteiger partial charge in [0, 0.05) is 35.4 Å². The molecule has 2 aromatic carbocycles. The lowest BCUT2D eigenvalue weighted by molar-refractivity contribution is -0.117. The second-order valence-corrected chi connectivity index (χ2v) is 10.2. The zero-order chi connectivity index (χ0) is 24.7. The van der Waals surface area contributed by atoms with Gasteiger partial charge in [-0.1, -0.05) is 23.7 Å². The second-order valence-electron chi connectivity index (χ2n) is 7.00. The summed E-state index contributed by atoms with van der Waals surface area (Å²) in [5, 5.41) is 13.2. The summed E-state index contributed by atoms with van der Waals surface area (Å²) in [6.45, 7) is 1.10. The molecule has 0 saturated carbocycles. The molecule has 0 aliphatic heterocycles. The number of pyridine rings is 1. The molecule has 0 radical (unpaired) electrons. The Morgan fingerprint density at radius 1 is 1.06 bits per heavy atom. The number of anilines is 1. The van der Waals surface area contributed by atoms with Gasteiger partial charge in [0.15, 0.2) is 0 Å². The number of sulfonamides is 1. The number of amides is 2. The van der Waals surface area contributed by atoms with Crippen LogP contribution in [-0.2, 0) is 19.6 Å². The number of carbonyl (C=O) groups excluding carboxylic acids is 2. The first-order valence-electron chi connectivity index (χ1n) is 9.91. The van der Waals surface area contributed by atoms with Gasteiger partial charge < -0.3 is 5.32 Å². The molecule has 3 aromatic rings. The Morgan fingerprint density at radius 3 is 2.35 bits per heavy atom. The van der Waals surface area contributed by atoms with Crippen molar-refractivity contribution in [1.29, 1.82) is 5.26 Å². The van der Waals surface area contributed by atoms with Crippen molar-refractivity contribution >= 4 is 50.9 Å². The molecular weight excluding hydrogens is 496 g/mol. The fourth-order valence-corrected chi connectivity index (χ4v) is 4.88. The number of aromatic nitrogens is 1. The minimum atomic E-state index is -3.94. The number of rotatable bonds is 8. The highest BCUT2D eigenvalue weighted by atomic mass is 35.5. The fraction of sp³-hybridized carbons (Fsp3) is 0.130. The highest BCUT2D eigenvalue weighted by Crippen LogP contribution is 2.26. The molecule has 0 fully saturated rings. The SMILES string of the molecule is CC(=O)NS(=O)(=O)c1ccc(NC(=O)CCSc2nc(-c3ccc(Cl)cc3)ccc2C#N)cc1. The fourth-order valence-electron chi connectivity index (χ4n) is 2.85. The molecule has 0 aliphatic carbocycles. The zero-order valence-corrected chi connectivity index (χ0v) is 20.3. The number of nitrogens with one attached hydrogen (secondary N) is 2. The third-order valence-corrected chi connectivity index (χ3v) is 7.11. The van der Waals surface area contributed by atoms with Gasteiger partial charge >= 0.3 is 0 Å². The van der Waals surface area contributed by atoms with E-state index >= 15 is 0 Å². The van der Waals surface area contributed by atoms with Gasteiger partial charge in [-0.3, -0.25) is 9.59 Å². The number of thioether (sulfide) groups is 1. The second kappa shape index (κ2) is 11.2. The third-order valence-electron chi connectivity index (χ3n) is 4.42. The molecule has 8 nitrogen and oxygen atoms in total. The summed E-state index contributed by atoms with van der Waals surface area (Å²) in [6, 6.07) is 18.2. The van der Waals surface area contributed by atoms with Gasteiger partial charge in [0.2, 0.25) is 11.8 Å². The number of nitrogens with zero attached hydrogens (tertiary/aromatic N) is 2. The number of halogens is 1. The molecule has 1 aromatic heterocycles. The van der Waals surface area contributed by atoms with E-state index in [1.165, 1.54) is 36.0 Å². The molecule has 3 rings (SSSR count). The van der Waals surface area contributed by atoms with Crippen LogP contribution in [0, 0.1) is 11.3 Å². The number of benzene rings is 2. The highest BCUT2D eigenvalue weighted by molar-refractivity contribution is 7.99. The lowest BCUT2D eigenvalue weighted by Crippen LogP contribution is -2.28. The quantitative estimate of drug-likeness (QED) is 0.430. The Bertz CT molecular complexity index is 1350. The summed E-state index contributed by atoms with van der Waals surface area (Å²) in [6.07, 6.45) is 0.147. The van der Waals surface area contributed by atoms with Crippen LogP contribution in [0.25, 0.3) is 11.3 Å². The Labute approximate surface area is 206 Å². The van der Waals surface area contributed by atoms with Crippen LogP contribution in [0.4, 0.5) is 5.69 Å². The molecule has 0 aliphatic rings. The van der Waals surface area contributed by atoms with Crippen molar-refractivity contribution in [3.8, 4) is 17.3 Å². The predicted octanol–water partition coefficient (Wildman–Crippen LogP) is 4.22. The standard InChI is InChI=1S/C23H19ClN4O4S2/c1-15(29)28-34(31,32)20-9-7-19(8-10-20)26-22(30)12-13-33-23-17(14-25)4-11-21(27-23)16-2-5-18(24)6-3-16/h2-11H,12-13H2,1H3,(H,26,30)(H,28,29). The van der Waals surface area contributed by atoms with Crippen LogP contribution in [0.3, 0.4) is 0 Å². The van der Waals surface area contributed by atoms with Gasteiger partial charge in [-0.05, 0) is 48.5 Å². The normalized spacial score (nSPS) is 10.9. The van der Waals surface area contributed by atoms with Crippen LogP contribution in [-0.4, -0.2) is 31.0 Å². The molecular formula is C23H19ClN4O4S2. The van der Waals surface area contributed by atoms with Gasteiger partial charge in [-0.25, -0.2) is 18.1 Å². The monoisotopic (exact) mass is 514 g/mol. The summed E-state index contributed by atoms with van der Waals surface area (Å²) in [7, 11) is -3.94. The maximum absolute atomic E-state index is 12.3.